The van der Waals surface area contributed by atoms with Crippen LogP contribution in [0.25, 0.3) is 0 Å². The van der Waals surface area contributed by atoms with Crippen molar-refractivity contribution < 1.29 is 14.0 Å². The van der Waals surface area contributed by atoms with Gasteiger partial charge in [0.05, 0.1) is 24.2 Å². The molecule has 5 nitrogen and oxygen atoms in total. The molecule has 6 heteroatoms. The molecule has 2 heterocycles. The summed E-state index contributed by atoms with van der Waals surface area (Å²) >= 11 is 1.36. The molecule has 2 rings (SSSR count). The van der Waals surface area contributed by atoms with Crippen molar-refractivity contribution in [1.82, 2.24) is 10.2 Å². The van der Waals surface area contributed by atoms with Gasteiger partial charge >= 0.3 is 0 Å². The predicted octanol–water partition coefficient (Wildman–Crippen LogP) is 1.73. The van der Waals surface area contributed by atoms with E-state index in [4.69, 9.17) is 4.42 Å². The van der Waals surface area contributed by atoms with Gasteiger partial charge in [0.15, 0.2) is 0 Å². The number of carbonyl (C=O) groups is 2. The maximum absolute atomic E-state index is 11.9. The van der Waals surface area contributed by atoms with Gasteiger partial charge in [0, 0.05) is 7.05 Å². The first kappa shape index (κ1) is 13.4. The monoisotopic (exact) mass is 278 g/mol. The summed E-state index contributed by atoms with van der Waals surface area (Å²) in [7, 11) is 1.61. The second-order valence-electron chi connectivity index (χ2n) is 3.99. The van der Waals surface area contributed by atoms with Crippen molar-refractivity contribution in [3.8, 4) is 0 Å². The molecule has 0 unspecified atom stereocenters. The minimum atomic E-state index is -0.219. The second kappa shape index (κ2) is 6.19. The molecule has 0 saturated heterocycles. The van der Waals surface area contributed by atoms with Crippen molar-refractivity contribution in [2.45, 2.75) is 6.54 Å². The van der Waals surface area contributed by atoms with Gasteiger partial charge in [-0.15, -0.1) is 11.3 Å². The number of likely N-dealkylation sites (N-methyl/N-ethyl adjacent to an activating group) is 1. The van der Waals surface area contributed by atoms with Crippen LogP contribution in [0.4, 0.5) is 0 Å². The molecule has 0 atom stereocenters. The summed E-state index contributed by atoms with van der Waals surface area (Å²) in [5.74, 6) is 0.313. The number of furan rings is 1. The van der Waals surface area contributed by atoms with Gasteiger partial charge in [0.25, 0.3) is 5.91 Å². The number of amides is 2. The van der Waals surface area contributed by atoms with Gasteiger partial charge in [-0.3, -0.25) is 9.59 Å². The predicted molar refractivity (Wildman–Crippen MR) is 71.8 cm³/mol. The summed E-state index contributed by atoms with van der Waals surface area (Å²) in [6.07, 6.45) is 1.55. The van der Waals surface area contributed by atoms with E-state index in [1.54, 1.807) is 31.5 Å². The van der Waals surface area contributed by atoms with Crippen LogP contribution in [0.3, 0.4) is 0 Å². The topological polar surface area (TPSA) is 62.6 Å². The average molecular weight is 278 g/mol. The fourth-order valence-corrected chi connectivity index (χ4v) is 2.25. The third-order valence-electron chi connectivity index (χ3n) is 2.50. The maximum atomic E-state index is 11.9. The molecule has 100 valence electrons. The van der Waals surface area contributed by atoms with Crippen molar-refractivity contribution in [3.05, 3.63) is 46.5 Å². The van der Waals surface area contributed by atoms with Crippen molar-refractivity contribution in [1.29, 1.82) is 0 Å². The molecule has 0 fully saturated rings. The lowest BCUT2D eigenvalue weighted by atomic mass is 10.4. The van der Waals surface area contributed by atoms with Crippen molar-refractivity contribution in [2.24, 2.45) is 0 Å². The largest absolute Gasteiger partial charge is 0.467 e. The molecule has 2 aromatic heterocycles. The van der Waals surface area contributed by atoms with E-state index in [1.807, 2.05) is 11.4 Å². The molecule has 0 aliphatic heterocycles. The Kier molecular flexibility index (Phi) is 4.35. The van der Waals surface area contributed by atoms with E-state index in [-0.39, 0.29) is 18.4 Å². The molecule has 1 N–H and O–H groups in total. The summed E-state index contributed by atoms with van der Waals surface area (Å²) in [5, 5.41) is 4.52. The molecule has 2 amide bonds. The summed E-state index contributed by atoms with van der Waals surface area (Å²) in [6, 6.07) is 7.09. The van der Waals surface area contributed by atoms with E-state index < -0.39 is 0 Å². The Bertz CT molecular complexity index is 534. The van der Waals surface area contributed by atoms with E-state index in [1.165, 1.54) is 16.2 Å². The zero-order valence-electron chi connectivity index (χ0n) is 10.5. The molecule has 0 radical (unpaired) electrons. The third kappa shape index (κ3) is 3.69. The lowest BCUT2D eigenvalue weighted by Crippen LogP contribution is -2.37. The fraction of sp³-hybridized carbons (Fsp3) is 0.231. The number of hydrogen-bond acceptors (Lipinski definition) is 4. The number of rotatable bonds is 5. The molecular formula is C13H14N2O3S. The van der Waals surface area contributed by atoms with Gasteiger partial charge in [0.2, 0.25) is 5.91 Å². The minimum Gasteiger partial charge on any atom is -0.467 e. The van der Waals surface area contributed by atoms with Crippen molar-refractivity contribution >= 4 is 23.2 Å². The fourth-order valence-electron chi connectivity index (χ4n) is 1.53. The highest BCUT2D eigenvalue weighted by Crippen LogP contribution is 2.10. The van der Waals surface area contributed by atoms with Crippen molar-refractivity contribution in [3.63, 3.8) is 0 Å². The SMILES string of the molecule is CN(CC(=O)NCc1ccco1)C(=O)c1cccs1. The first-order chi connectivity index (χ1) is 9.16. The Morgan fingerprint density at radius 1 is 1.37 bits per heavy atom. The lowest BCUT2D eigenvalue weighted by Gasteiger charge is -2.15. The van der Waals surface area contributed by atoms with Gasteiger partial charge in [-0.1, -0.05) is 6.07 Å². The zero-order chi connectivity index (χ0) is 13.7. The second-order valence-corrected chi connectivity index (χ2v) is 4.94. The molecule has 0 saturated carbocycles. The Morgan fingerprint density at radius 3 is 2.84 bits per heavy atom. The van der Waals surface area contributed by atoms with Crippen LogP contribution < -0.4 is 5.32 Å². The number of carbonyl (C=O) groups excluding carboxylic acids is 2. The highest BCUT2D eigenvalue weighted by Gasteiger charge is 2.15. The maximum Gasteiger partial charge on any atom is 0.264 e. The zero-order valence-corrected chi connectivity index (χ0v) is 11.3. The Hall–Kier alpha value is -2.08. The highest BCUT2D eigenvalue weighted by molar-refractivity contribution is 7.12. The first-order valence-electron chi connectivity index (χ1n) is 5.75. The summed E-state index contributed by atoms with van der Waals surface area (Å²) in [6.45, 7) is 0.351. The van der Waals surface area contributed by atoms with E-state index in [2.05, 4.69) is 5.32 Å². The molecule has 2 aromatic rings. The molecular weight excluding hydrogens is 264 g/mol. The average Bonchev–Trinajstić information content (AvgIpc) is 3.08. The Labute approximate surface area is 114 Å². The van der Waals surface area contributed by atoms with Crippen LogP contribution in [-0.2, 0) is 11.3 Å². The normalized spacial score (nSPS) is 10.2. The van der Waals surface area contributed by atoms with Crippen LogP contribution in [0.15, 0.2) is 40.3 Å². The van der Waals surface area contributed by atoms with Gasteiger partial charge in [-0.2, -0.15) is 0 Å². The Balaban J connectivity index is 1.80. The number of thiophene rings is 1. The van der Waals surface area contributed by atoms with Gasteiger partial charge in [0.1, 0.15) is 5.76 Å². The highest BCUT2D eigenvalue weighted by atomic mass is 32.1. The van der Waals surface area contributed by atoms with E-state index in [0.717, 1.165) is 0 Å². The van der Waals surface area contributed by atoms with Gasteiger partial charge in [-0.05, 0) is 23.6 Å². The van der Waals surface area contributed by atoms with E-state index in [9.17, 15) is 9.59 Å². The number of nitrogens with one attached hydrogen (secondary N) is 1. The molecule has 0 spiro atoms. The summed E-state index contributed by atoms with van der Waals surface area (Å²) < 4.78 is 5.10. The smallest absolute Gasteiger partial charge is 0.264 e. The van der Waals surface area contributed by atoms with E-state index in [0.29, 0.717) is 17.2 Å². The first-order valence-corrected chi connectivity index (χ1v) is 6.63. The number of hydrogen-bond donors (Lipinski definition) is 1. The molecule has 0 bridgehead atoms. The standard InChI is InChI=1S/C13H14N2O3S/c1-15(13(17)11-5-3-7-19-11)9-12(16)14-8-10-4-2-6-18-10/h2-7H,8-9H2,1H3,(H,14,16). The van der Waals surface area contributed by atoms with E-state index >= 15 is 0 Å². The summed E-state index contributed by atoms with van der Waals surface area (Å²) in [4.78, 5) is 25.6. The summed E-state index contributed by atoms with van der Waals surface area (Å²) in [5.41, 5.74) is 0. The van der Waals surface area contributed by atoms with Crippen LogP contribution in [0.1, 0.15) is 15.4 Å². The lowest BCUT2D eigenvalue weighted by molar-refractivity contribution is -0.121. The van der Waals surface area contributed by atoms with Crippen LogP contribution >= 0.6 is 11.3 Å². The molecule has 0 aromatic carbocycles. The third-order valence-corrected chi connectivity index (χ3v) is 3.36. The molecule has 19 heavy (non-hydrogen) atoms. The van der Waals surface area contributed by atoms with Crippen molar-refractivity contribution in [2.75, 3.05) is 13.6 Å². The van der Waals surface area contributed by atoms with Crippen LogP contribution in [-0.4, -0.2) is 30.3 Å². The van der Waals surface area contributed by atoms with Gasteiger partial charge < -0.3 is 14.6 Å². The van der Waals surface area contributed by atoms with Crippen LogP contribution in [0.2, 0.25) is 0 Å². The molecule has 0 aliphatic rings. The number of nitrogens with zero attached hydrogens (tertiary/aromatic N) is 1. The van der Waals surface area contributed by atoms with Crippen LogP contribution in [0.5, 0.6) is 0 Å². The molecule has 0 aliphatic carbocycles. The quantitative estimate of drug-likeness (QED) is 0.906. The Morgan fingerprint density at radius 2 is 2.21 bits per heavy atom. The minimum absolute atomic E-state index is 0.0252. The van der Waals surface area contributed by atoms with Crippen LogP contribution in [0, 0.1) is 0 Å². The van der Waals surface area contributed by atoms with Gasteiger partial charge in [-0.25, -0.2) is 0 Å².